The van der Waals surface area contributed by atoms with E-state index >= 15 is 0 Å². The molecule has 4 heteroatoms. The van der Waals surface area contributed by atoms with Gasteiger partial charge in [0, 0.05) is 17.1 Å². The molecular weight excluding hydrogens is 390 g/mol. The summed E-state index contributed by atoms with van der Waals surface area (Å²) in [5.41, 5.74) is 2.69. The molecule has 0 fully saturated rings. The predicted molar refractivity (Wildman–Crippen MR) is 134 cm³/mol. The summed E-state index contributed by atoms with van der Waals surface area (Å²) >= 11 is 4.51. The van der Waals surface area contributed by atoms with Crippen LogP contribution in [0.15, 0.2) is 54.7 Å². The lowest BCUT2D eigenvalue weighted by atomic mass is 9.75. The summed E-state index contributed by atoms with van der Waals surface area (Å²) in [6.07, 6.45) is 3.12. The second-order valence-corrected chi connectivity index (χ2v) is 9.94. The van der Waals surface area contributed by atoms with Crippen LogP contribution in [0.4, 0.5) is 0 Å². The molecule has 1 heterocycles. The van der Waals surface area contributed by atoms with Crippen molar-refractivity contribution in [1.29, 1.82) is 0 Å². The first-order valence-corrected chi connectivity index (χ1v) is 11.2. The lowest BCUT2D eigenvalue weighted by Gasteiger charge is -2.30. The van der Waals surface area contributed by atoms with Crippen molar-refractivity contribution in [2.24, 2.45) is 5.41 Å². The van der Waals surface area contributed by atoms with Crippen molar-refractivity contribution in [3.05, 3.63) is 60.3 Å². The van der Waals surface area contributed by atoms with Gasteiger partial charge in [0.15, 0.2) is 0 Å². The number of thiol groups is 1. The fourth-order valence-electron chi connectivity index (χ4n) is 3.66. The summed E-state index contributed by atoms with van der Waals surface area (Å²) in [5.74, 6) is 1.20. The van der Waals surface area contributed by atoms with Gasteiger partial charge in [0.1, 0.15) is 11.5 Å². The fraction of sp³-hybridized carbons (Fsp3) is 0.462. The van der Waals surface area contributed by atoms with E-state index < -0.39 is 0 Å². The monoisotopic (exact) mass is 429 g/mol. The fourth-order valence-corrected chi connectivity index (χ4v) is 3.84. The summed E-state index contributed by atoms with van der Waals surface area (Å²) in [6.45, 7) is 17.0. The first-order valence-electron chi connectivity index (χ1n) is 10.8. The maximum absolute atomic E-state index is 9.31. The third-order valence-electron chi connectivity index (χ3n) is 5.01. The maximum Gasteiger partial charge on any atom is 0.116 e. The zero-order chi connectivity index (χ0) is 23.1. The van der Waals surface area contributed by atoms with Crippen molar-refractivity contribution in [1.82, 2.24) is 4.57 Å². The van der Waals surface area contributed by atoms with Crippen LogP contribution in [0.3, 0.4) is 0 Å². The van der Waals surface area contributed by atoms with Gasteiger partial charge < -0.3 is 14.8 Å². The number of phenolic OH excluding ortho intramolecular Hbond substituents is 2. The highest BCUT2D eigenvalue weighted by atomic mass is 32.1. The molecule has 0 spiro atoms. The molecule has 0 aliphatic carbocycles. The van der Waals surface area contributed by atoms with E-state index in [1.165, 1.54) is 5.56 Å². The normalized spacial score (nSPS) is 12.4. The van der Waals surface area contributed by atoms with Crippen LogP contribution in [0.5, 0.6) is 11.5 Å². The number of hydrogen-bond donors (Lipinski definition) is 3. The third-order valence-corrected chi connectivity index (χ3v) is 5.23. The van der Waals surface area contributed by atoms with E-state index in [1.54, 1.807) is 24.3 Å². The van der Waals surface area contributed by atoms with Gasteiger partial charge in [-0.15, -0.1) is 0 Å². The van der Waals surface area contributed by atoms with Crippen LogP contribution in [0.1, 0.15) is 73.3 Å². The van der Waals surface area contributed by atoms with E-state index in [-0.39, 0.29) is 10.3 Å². The predicted octanol–water partition coefficient (Wildman–Crippen LogP) is 7.93. The second kappa shape index (κ2) is 10.8. The number of aromatic nitrogens is 1. The van der Waals surface area contributed by atoms with Crippen molar-refractivity contribution in [2.75, 3.05) is 0 Å². The Labute approximate surface area is 188 Å². The molecule has 166 valence electrons. The van der Waals surface area contributed by atoms with E-state index in [1.807, 2.05) is 58.2 Å². The molecule has 0 amide bonds. The Hall–Kier alpha value is -2.07. The largest absolute Gasteiger partial charge is 0.508 e. The Balaban J connectivity index is 0.000000277. The van der Waals surface area contributed by atoms with Crippen LogP contribution in [0.25, 0.3) is 10.9 Å². The van der Waals surface area contributed by atoms with Gasteiger partial charge in [-0.3, -0.25) is 0 Å². The molecule has 30 heavy (non-hydrogen) atoms. The van der Waals surface area contributed by atoms with E-state index in [2.05, 4.69) is 44.9 Å². The van der Waals surface area contributed by atoms with Crippen molar-refractivity contribution >= 4 is 23.5 Å². The molecule has 1 unspecified atom stereocenters. The summed E-state index contributed by atoms with van der Waals surface area (Å²) in [5, 5.41) is 19.6. The Bertz CT molecular complexity index is 899. The molecule has 2 N–H and O–H groups in total. The van der Waals surface area contributed by atoms with Crippen LogP contribution in [-0.2, 0) is 4.87 Å². The van der Waals surface area contributed by atoms with Crippen molar-refractivity contribution in [3.8, 4) is 11.5 Å². The molecule has 3 nitrogen and oxygen atoms in total. The first kappa shape index (κ1) is 26.0. The molecule has 0 bridgehead atoms. The molecule has 0 radical (unpaired) electrons. The number of fused-ring (bicyclic) bond motifs is 1. The molecule has 0 aliphatic rings. The maximum atomic E-state index is 9.31. The summed E-state index contributed by atoms with van der Waals surface area (Å²) in [4.78, 5) is -0.223. The third kappa shape index (κ3) is 7.02. The van der Waals surface area contributed by atoms with E-state index in [0.29, 0.717) is 17.4 Å². The molecule has 3 aromatic rings. The molecule has 0 saturated heterocycles. The highest BCUT2D eigenvalue weighted by molar-refractivity contribution is 7.81. The quantitative estimate of drug-likeness (QED) is 0.370. The van der Waals surface area contributed by atoms with Crippen molar-refractivity contribution in [2.45, 2.75) is 72.6 Å². The number of nitrogens with zero attached hydrogens (tertiary/aromatic N) is 1. The van der Waals surface area contributed by atoms with Crippen LogP contribution in [-0.4, -0.2) is 14.8 Å². The summed E-state index contributed by atoms with van der Waals surface area (Å²) < 4.78 is 2.07. The number of benzene rings is 2. The van der Waals surface area contributed by atoms with Gasteiger partial charge in [-0.1, -0.05) is 53.7 Å². The highest BCUT2D eigenvalue weighted by Crippen LogP contribution is 2.37. The van der Waals surface area contributed by atoms with Crippen LogP contribution >= 0.6 is 12.6 Å². The second-order valence-electron chi connectivity index (χ2n) is 8.84. The first-order chi connectivity index (χ1) is 13.9. The Morgan fingerprint density at radius 2 is 1.40 bits per heavy atom. The van der Waals surface area contributed by atoms with E-state index in [0.717, 1.165) is 17.3 Å². The van der Waals surface area contributed by atoms with E-state index in [9.17, 15) is 10.2 Å². The zero-order valence-corrected chi connectivity index (χ0v) is 20.7. The number of phenols is 2. The Morgan fingerprint density at radius 1 is 0.867 bits per heavy atom. The number of hydrogen-bond acceptors (Lipinski definition) is 3. The molecule has 3 rings (SSSR count). The summed E-state index contributed by atoms with van der Waals surface area (Å²) in [6, 6.07) is 14.9. The molecule has 0 aliphatic heterocycles. The minimum Gasteiger partial charge on any atom is -0.508 e. The SMILES string of the molecule is CC.CC(C)(S)n1ccc2cc(O)ccc21.CCC(c1ccc(O)cc1)C(C)(C)C. The molecular formula is C26H39NO2S. The molecule has 0 saturated carbocycles. The average Bonchev–Trinajstić information content (AvgIpc) is 3.08. The minimum absolute atomic E-state index is 0.223. The number of aromatic hydroxyl groups is 2. The summed E-state index contributed by atoms with van der Waals surface area (Å²) in [7, 11) is 0. The molecule has 1 aromatic heterocycles. The molecule has 2 aromatic carbocycles. The van der Waals surface area contributed by atoms with Gasteiger partial charge in [-0.05, 0) is 73.6 Å². The standard InChI is InChI=1S/C13H20O.C11H13NOS.C2H6/c1-5-12(13(2,3)4)10-6-8-11(14)9-7-10;1-11(2,14)12-6-5-8-7-9(13)3-4-10(8)12;1-2/h6-9,12,14H,5H2,1-4H3;3-7,13-14H,1-2H3;1-2H3. The highest BCUT2D eigenvalue weighted by Gasteiger charge is 2.24. The lowest BCUT2D eigenvalue weighted by molar-refractivity contribution is 0.312. The zero-order valence-electron chi connectivity index (χ0n) is 19.8. The topological polar surface area (TPSA) is 45.4 Å². The Kier molecular flexibility index (Phi) is 9.35. The van der Waals surface area contributed by atoms with Crippen molar-refractivity contribution in [3.63, 3.8) is 0 Å². The van der Waals surface area contributed by atoms with Gasteiger partial charge in [-0.25, -0.2) is 0 Å². The van der Waals surface area contributed by atoms with E-state index in [4.69, 9.17) is 0 Å². The number of rotatable bonds is 3. The smallest absolute Gasteiger partial charge is 0.116 e. The lowest BCUT2D eigenvalue weighted by Crippen LogP contribution is -2.17. The van der Waals surface area contributed by atoms with Crippen LogP contribution in [0, 0.1) is 5.41 Å². The van der Waals surface area contributed by atoms with Gasteiger partial charge in [0.2, 0.25) is 0 Å². The minimum atomic E-state index is -0.223. The van der Waals surface area contributed by atoms with Gasteiger partial charge in [-0.2, -0.15) is 12.6 Å². The van der Waals surface area contributed by atoms with Crippen molar-refractivity contribution < 1.29 is 10.2 Å². The van der Waals surface area contributed by atoms with Crippen LogP contribution < -0.4 is 0 Å². The van der Waals surface area contributed by atoms with Gasteiger partial charge in [0.05, 0.1) is 4.87 Å². The van der Waals surface area contributed by atoms with Gasteiger partial charge >= 0.3 is 0 Å². The molecule has 1 atom stereocenters. The van der Waals surface area contributed by atoms with Gasteiger partial charge in [0.25, 0.3) is 0 Å². The Morgan fingerprint density at radius 3 is 1.87 bits per heavy atom. The van der Waals surface area contributed by atoms with Crippen LogP contribution in [0.2, 0.25) is 0 Å². The average molecular weight is 430 g/mol.